The molecule has 0 aromatic heterocycles. The van der Waals surface area contributed by atoms with Crippen molar-refractivity contribution in [2.45, 2.75) is 6.42 Å². The number of nitriles is 1. The van der Waals surface area contributed by atoms with E-state index in [0.29, 0.717) is 0 Å². The molecule has 0 unspecified atom stereocenters. The van der Waals surface area contributed by atoms with Crippen LogP contribution in [-0.2, 0) is 4.79 Å². The van der Waals surface area contributed by atoms with Gasteiger partial charge in [-0.25, -0.2) is 4.79 Å². The van der Waals surface area contributed by atoms with E-state index in [-0.39, 0.29) is 24.3 Å². The van der Waals surface area contributed by atoms with Crippen LogP contribution in [0.1, 0.15) is 16.8 Å². The first-order chi connectivity index (χ1) is 9.95. The van der Waals surface area contributed by atoms with E-state index >= 15 is 0 Å². The van der Waals surface area contributed by atoms with Gasteiger partial charge in [0, 0.05) is 18.7 Å². The van der Waals surface area contributed by atoms with Crippen LogP contribution >= 0.6 is 0 Å². The minimum Gasteiger partial charge on any atom is -0.478 e. The average Bonchev–Trinajstić information content (AvgIpc) is 2.44. The molecule has 0 spiro atoms. The highest BCUT2D eigenvalue weighted by Crippen LogP contribution is 2.27. The smallest absolute Gasteiger partial charge is 0.335 e. The van der Waals surface area contributed by atoms with Gasteiger partial charge in [0.1, 0.15) is 0 Å². The van der Waals surface area contributed by atoms with Gasteiger partial charge in [0.2, 0.25) is 0 Å². The number of hydrogen-bond donors (Lipinski definition) is 2. The van der Waals surface area contributed by atoms with Gasteiger partial charge >= 0.3 is 11.7 Å². The molecule has 9 heteroatoms. The lowest BCUT2D eigenvalue weighted by atomic mass is 10.2. The third-order valence-corrected chi connectivity index (χ3v) is 2.32. The van der Waals surface area contributed by atoms with Crippen molar-refractivity contribution in [3.63, 3.8) is 0 Å². The maximum Gasteiger partial charge on any atom is 0.335 e. The summed E-state index contributed by atoms with van der Waals surface area (Å²) in [6, 6.07) is 4.87. The SMILES string of the molecule is N#CCCNC(=O)COc1cc(C(=O)O)ccc1[N+](=O)[O-]. The quantitative estimate of drug-likeness (QED) is 0.428. The number of carboxylic acids is 1. The first-order valence-electron chi connectivity index (χ1n) is 5.74. The first kappa shape index (κ1) is 15.9. The maximum absolute atomic E-state index is 11.4. The molecular weight excluding hydrogens is 282 g/mol. The highest BCUT2D eigenvalue weighted by molar-refractivity contribution is 5.88. The minimum atomic E-state index is -1.27. The Balaban J connectivity index is 2.78. The van der Waals surface area contributed by atoms with Crippen molar-refractivity contribution < 1.29 is 24.4 Å². The third kappa shape index (κ3) is 4.79. The van der Waals surface area contributed by atoms with Gasteiger partial charge in [0.15, 0.2) is 12.4 Å². The zero-order chi connectivity index (χ0) is 15.8. The van der Waals surface area contributed by atoms with Crippen LogP contribution in [0.5, 0.6) is 5.75 Å². The van der Waals surface area contributed by atoms with E-state index in [4.69, 9.17) is 15.1 Å². The van der Waals surface area contributed by atoms with Crippen LogP contribution < -0.4 is 10.1 Å². The second-order valence-electron chi connectivity index (χ2n) is 3.79. The lowest BCUT2D eigenvalue weighted by Gasteiger charge is -2.07. The maximum atomic E-state index is 11.4. The molecule has 9 nitrogen and oxygen atoms in total. The molecule has 1 rings (SSSR count). The Morgan fingerprint density at radius 1 is 1.48 bits per heavy atom. The Labute approximate surface area is 118 Å². The summed E-state index contributed by atoms with van der Waals surface area (Å²) in [5.41, 5.74) is -0.634. The molecule has 1 aromatic carbocycles. The van der Waals surface area contributed by atoms with Gasteiger partial charge in [-0.3, -0.25) is 14.9 Å². The predicted molar refractivity (Wildman–Crippen MR) is 68.8 cm³/mol. The number of ether oxygens (including phenoxy) is 1. The van der Waals surface area contributed by atoms with Crippen LogP contribution in [0.3, 0.4) is 0 Å². The number of nitro groups is 1. The van der Waals surface area contributed by atoms with E-state index in [2.05, 4.69) is 5.32 Å². The molecule has 0 aliphatic rings. The van der Waals surface area contributed by atoms with Crippen molar-refractivity contribution in [1.82, 2.24) is 5.32 Å². The van der Waals surface area contributed by atoms with Gasteiger partial charge < -0.3 is 15.2 Å². The van der Waals surface area contributed by atoms with Crippen molar-refractivity contribution in [1.29, 1.82) is 5.26 Å². The fourth-order valence-corrected chi connectivity index (χ4v) is 1.37. The number of hydrogen-bond acceptors (Lipinski definition) is 6. The summed E-state index contributed by atoms with van der Waals surface area (Å²) in [7, 11) is 0. The number of amides is 1. The molecule has 0 saturated heterocycles. The number of nitro benzene ring substituents is 1. The molecule has 1 amide bonds. The number of nitrogens with one attached hydrogen (secondary N) is 1. The van der Waals surface area contributed by atoms with E-state index in [1.165, 1.54) is 0 Å². The van der Waals surface area contributed by atoms with Crippen LogP contribution in [0.15, 0.2) is 18.2 Å². The molecule has 0 aliphatic heterocycles. The standard InChI is InChI=1S/C12H11N3O6/c13-4-1-5-14-11(16)7-21-10-6-8(12(17)18)2-3-9(10)15(19)20/h2-3,6H,1,5,7H2,(H,14,16)(H,17,18). The summed E-state index contributed by atoms with van der Waals surface area (Å²) in [4.78, 5) is 32.2. The summed E-state index contributed by atoms with van der Waals surface area (Å²) >= 11 is 0. The van der Waals surface area contributed by atoms with E-state index in [0.717, 1.165) is 18.2 Å². The van der Waals surface area contributed by atoms with Crippen molar-refractivity contribution in [3.8, 4) is 11.8 Å². The van der Waals surface area contributed by atoms with Crippen molar-refractivity contribution in [2.75, 3.05) is 13.2 Å². The van der Waals surface area contributed by atoms with Crippen LogP contribution in [0.25, 0.3) is 0 Å². The monoisotopic (exact) mass is 293 g/mol. The number of nitrogens with zero attached hydrogens (tertiary/aromatic N) is 2. The Morgan fingerprint density at radius 3 is 2.76 bits per heavy atom. The topological polar surface area (TPSA) is 143 Å². The summed E-state index contributed by atoms with van der Waals surface area (Å²) in [5.74, 6) is -2.15. The highest BCUT2D eigenvalue weighted by Gasteiger charge is 2.18. The van der Waals surface area contributed by atoms with Gasteiger partial charge in [-0.1, -0.05) is 0 Å². The lowest BCUT2D eigenvalue weighted by molar-refractivity contribution is -0.385. The number of carbonyl (C=O) groups is 2. The molecule has 0 saturated carbocycles. The molecule has 0 atom stereocenters. The van der Waals surface area contributed by atoms with E-state index in [1.807, 2.05) is 6.07 Å². The Bertz CT molecular complexity index is 608. The number of benzene rings is 1. The Morgan fingerprint density at radius 2 is 2.19 bits per heavy atom. The molecule has 1 aromatic rings. The third-order valence-electron chi connectivity index (χ3n) is 2.32. The highest BCUT2D eigenvalue weighted by atomic mass is 16.6. The van der Waals surface area contributed by atoms with Crippen LogP contribution in [0, 0.1) is 21.4 Å². The van der Waals surface area contributed by atoms with Crippen molar-refractivity contribution in [2.24, 2.45) is 0 Å². The summed E-state index contributed by atoms with van der Waals surface area (Å²) < 4.78 is 4.98. The van der Waals surface area contributed by atoms with E-state index < -0.39 is 29.1 Å². The van der Waals surface area contributed by atoms with Gasteiger partial charge in [-0.2, -0.15) is 5.26 Å². The predicted octanol–water partition coefficient (Wildman–Crippen LogP) is 0.702. The summed E-state index contributed by atoms with van der Waals surface area (Å²) in [5, 5.41) is 30.3. The minimum absolute atomic E-state index is 0.125. The normalized spacial score (nSPS) is 9.48. The molecular formula is C12H11N3O6. The molecule has 0 bridgehead atoms. The molecule has 0 fully saturated rings. The van der Waals surface area contributed by atoms with Crippen molar-refractivity contribution >= 4 is 17.6 Å². The molecule has 110 valence electrons. The van der Waals surface area contributed by atoms with Gasteiger partial charge in [0.05, 0.1) is 23.0 Å². The van der Waals surface area contributed by atoms with Crippen molar-refractivity contribution in [3.05, 3.63) is 33.9 Å². The van der Waals surface area contributed by atoms with Gasteiger partial charge in [-0.05, 0) is 6.07 Å². The van der Waals surface area contributed by atoms with E-state index in [9.17, 15) is 19.7 Å². The second-order valence-corrected chi connectivity index (χ2v) is 3.79. The fourth-order valence-electron chi connectivity index (χ4n) is 1.37. The van der Waals surface area contributed by atoms with Crippen LogP contribution in [-0.4, -0.2) is 35.1 Å². The first-order valence-corrected chi connectivity index (χ1v) is 5.74. The number of carbonyl (C=O) groups excluding carboxylic acids is 1. The fraction of sp³-hybridized carbons (Fsp3) is 0.250. The van der Waals surface area contributed by atoms with Crippen LogP contribution in [0.4, 0.5) is 5.69 Å². The number of aromatic carboxylic acids is 1. The summed E-state index contributed by atoms with van der Waals surface area (Å²) in [6.45, 7) is -0.384. The second kappa shape index (κ2) is 7.44. The molecule has 0 radical (unpaired) electrons. The molecule has 0 aliphatic carbocycles. The lowest BCUT2D eigenvalue weighted by Crippen LogP contribution is -2.29. The largest absolute Gasteiger partial charge is 0.478 e. The number of carboxylic acid groups (broad SMARTS) is 1. The zero-order valence-corrected chi connectivity index (χ0v) is 10.7. The molecule has 0 heterocycles. The van der Waals surface area contributed by atoms with Gasteiger partial charge in [0.25, 0.3) is 5.91 Å². The van der Waals surface area contributed by atoms with Crippen LogP contribution in [0.2, 0.25) is 0 Å². The zero-order valence-electron chi connectivity index (χ0n) is 10.7. The molecule has 2 N–H and O–H groups in total. The summed E-state index contributed by atoms with van der Waals surface area (Å²) in [6.07, 6.45) is 0.125. The average molecular weight is 293 g/mol. The molecule has 21 heavy (non-hydrogen) atoms. The van der Waals surface area contributed by atoms with E-state index in [1.54, 1.807) is 0 Å². The number of rotatable bonds is 7. The van der Waals surface area contributed by atoms with Gasteiger partial charge in [-0.15, -0.1) is 0 Å². The Kier molecular flexibility index (Phi) is 5.64. The Hall–Kier alpha value is -3.15.